The molecule has 4 aromatic rings. The highest BCUT2D eigenvalue weighted by atomic mass is 16.3. The second-order valence-electron chi connectivity index (χ2n) is 6.07. The molecule has 2 aromatic carbocycles. The summed E-state index contributed by atoms with van der Waals surface area (Å²) in [5.74, 6) is 0.366. The number of carbonyl (C=O) groups excluding carboxylic acids is 1. The van der Waals surface area contributed by atoms with Gasteiger partial charge in [-0.1, -0.05) is 24.3 Å². The van der Waals surface area contributed by atoms with Crippen LogP contribution in [0.25, 0.3) is 22.3 Å². The predicted octanol–water partition coefficient (Wildman–Crippen LogP) is 3.89. The number of fused-ring (bicyclic) bond motifs is 1. The highest BCUT2D eigenvalue weighted by Gasteiger charge is 2.11. The Kier molecular flexibility index (Phi) is 3.85. The van der Waals surface area contributed by atoms with Crippen molar-refractivity contribution in [3.8, 4) is 17.1 Å². The Bertz CT molecular complexity index is 1100. The molecule has 0 aliphatic rings. The van der Waals surface area contributed by atoms with E-state index in [0.717, 1.165) is 16.5 Å². The molecule has 128 valence electrons. The number of anilines is 1. The zero-order valence-corrected chi connectivity index (χ0v) is 14.0. The van der Waals surface area contributed by atoms with Crippen LogP contribution >= 0.6 is 0 Å². The number of benzene rings is 2. The molecule has 0 unspecified atom stereocenters. The molecule has 0 aliphatic carbocycles. The van der Waals surface area contributed by atoms with Crippen molar-refractivity contribution in [2.24, 2.45) is 0 Å². The first-order valence-electron chi connectivity index (χ1n) is 8.11. The number of phenols is 1. The lowest BCUT2D eigenvalue weighted by molar-refractivity contribution is 0.102. The Morgan fingerprint density at radius 2 is 1.88 bits per heavy atom. The summed E-state index contributed by atoms with van der Waals surface area (Å²) < 4.78 is 0. The van der Waals surface area contributed by atoms with Gasteiger partial charge in [-0.3, -0.25) is 4.79 Å². The standard InChI is InChI=1S/C20H16N4O2/c1-12-5-6-13-9-18(24-17(13)7-12)20(26)23-15-10-21-19(22-11-15)14-3-2-4-16(25)8-14/h2-11,24-25H,1H3,(H,23,26). The molecule has 6 heteroatoms. The molecule has 1 amide bonds. The van der Waals surface area contributed by atoms with Crippen molar-refractivity contribution < 1.29 is 9.90 Å². The Balaban J connectivity index is 1.53. The summed E-state index contributed by atoms with van der Waals surface area (Å²) in [5.41, 5.74) is 3.72. The molecule has 0 aliphatic heterocycles. The van der Waals surface area contributed by atoms with Crippen molar-refractivity contribution in [1.82, 2.24) is 15.0 Å². The fraction of sp³-hybridized carbons (Fsp3) is 0.0500. The zero-order valence-electron chi connectivity index (χ0n) is 14.0. The van der Waals surface area contributed by atoms with Crippen LogP contribution in [0.4, 0.5) is 5.69 Å². The summed E-state index contributed by atoms with van der Waals surface area (Å²) in [4.78, 5) is 24.0. The lowest BCUT2D eigenvalue weighted by Crippen LogP contribution is -2.12. The van der Waals surface area contributed by atoms with Gasteiger partial charge in [0, 0.05) is 16.5 Å². The van der Waals surface area contributed by atoms with Gasteiger partial charge < -0.3 is 15.4 Å². The fourth-order valence-electron chi connectivity index (χ4n) is 2.75. The molecular weight excluding hydrogens is 328 g/mol. The predicted molar refractivity (Wildman–Crippen MR) is 100 cm³/mol. The lowest BCUT2D eigenvalue weighted by Gasteiger charge is -2.05. The van der Waals surface area contributed by atoms with Gasteiger partial charge >= 0.3 is 0 Å². The van der Waals surface area contributed by atoms with Gasteiger partial charge in [-0.15, -0.1) is 0 Å². The van der Waals surface area contributed by atoms with Gasteiger partial charge in [0.25, 0.3) is 5.91 Å². The van der Waals surface area contributed by atoms with Gasteiger partial charge in [-0.2, -0.15) is 0 Å². The number of phenolic OH excluding ortho intramolecular Hbond substituents is 1. The van der Waals surface area contributed by atoms with Crippen LogP contribution in [0, 0.1) is 6.92 Å². The number of amides is 1. The maximum absolute atomic E-state index is 12.4. The second-order valence-corrected chi connectivity index (χ2v) is 6.07. The van der Waals surface area contributed by atoms with Crippen molar-refractivity contribution in [2.45, 2.75) is 6.92 Å². The fourth-order valence-corrected chi connectivity index (χ4v) is 2.75. The topological polar surface area (TPSA) is 90.9 Å². The smallest absolute Gasteiger partial charge is 0.272 e. The highest BCUT2D eigenvalue weighted by molar-refractivity contribution is 6.05. The average Bonchev–Trinajstić information content (AvgIpc) is 3.05. The summed E-state index contributed by atoms with van der Waals surface area (Å²) in [6.45, 7) is 2.01. The SMILES string of the molecule is Cc1ccc2cc(C(=O)Nc3cnc(-c4cccc(O)c4)nc3)[nH]c2c1. The van der Waals surface area contributed by atoms with Crippen LogP contribution in [0.3, 0.4) is 0 Å². The third-order valence-corrected chi connectivity index (χ3v) is 4.04. The van der Waals surface area contributed by atoms with Gasteiger partial charge in [0.05, 0.1) is 18.1 Å². The van der Waals surface area contributed by atoms with E-state index in [-0.39, 0.29) is 11.7 Å². The quantitative estimate of drug-likeness (QED) is 0.526. The summed E-state index contributed by atoms with van der Waals surface area (Å²) in [5, 5.41) is 13.3. The number of carbonyl (C=O) groups is 1. The van der Waals surface area contributed by atoms with E-state index < -0.39 is 0 Å². The van der Waals surface area contributed by atoms with Crippen LogP contribution in [0.15, 0.2) is 60.9 Å². The maximum Gasteiger partial charge on any atom is 0.272 e. The van der Waals surface area contributed by atoms with Crippen LogP contribution in [0.1, 0.15) is 16.1 Å². The number of aromatic hydroxyl groups is 1. The number of hydrogen-bond donors (Lipinski definition) is 3. The van der Waals surface area contributed by atoms with Crippen molar-refractivity contribution >= 4 is 22.5 Å². The van der Waals surface area contributed by atoms with Gasteiger partial charge in [0.2, 0.25) is 0 Å². The summed E-state index contributed by atoms with van der Waals surface area (Å²) >= 11 is 0. The molecule has 0 fully saturated rings. The van der Waals surface area contributed by atoms with E-state index in [1.54, 1.807) is 24.3 Å². The first-order chi connectivity index (χ1) is 12.6. The molecule has 0 atom stereocenters. The molecule has 4 rings (SSSR count). The first kappa shape index (κ1) is 15.8. The number of hydrogen-bond acceptors (Lipinski definition) is 4. The maximum atomic E-state index is 12.4. The van der Waals surface area contributed by atoms with Gasteiger partial charge in [0.15, 0.2) is 5.82 Å². The number of nitrogens with one attached hydrogen (secondary N) is 2. The van der Waals surface area contributed by atoms with Crippen molar-refractivity contribution in [3.63, 3.8) is 0 Å². The van der Waals surface area contributed by atoms with Crippen molar-refractivity contribution in [3.05, 3.63) is 72.2 Å². The molecule has 0 saturated heterocycles. The molecule has 0 spiro atoms. The van der Waals surface area contributed by atoms with E-state index in [1.165, 1.54) is 12.4 Å². The number of aromatic nitrogens is 3. The molecule has 26 heavy (non-hydrogen) atoms. The Hall–Kier alpha value is -3.67. The summed E-state index contributed by atoms with van der Waals surface area (Å²) in [7, 11) is 0. The Labute approximate surface area is 149 Å². The molecule has 2 aromatic heterocycles. The van der Waals surface area contributed by atoms with E-state index in [4.69, 9.17) is 0 Å². The van der Waals surface area contributed by atoms with Crippen molar-refractivity contribution in [1.29, 1.82) is 0 Å². The summed E-state index contributed by atoms with van der Waals surface area (Å²) in [6.07, 6.45) is 3.08. The Morgan fingerprint density at radius 3 is 2.65 bits per heavy atom. The lowest BCUT2D eigenvalue weighted by atomic mass is 10.2. The molecule has 3 N–H and O–H groups in total. The first-order valence-corrected chi connectivity index (χ1v) is 8.11. The number of rotatable bonds is 3. The molecular formula is C20H16N4O2. The number of H-pyrrole nitrogens is 1. The van der Waals surface area contributed by atoms with E-state index in [1.807, 2.05) is 31.2 Å². The van der Waals surface area contributed by atoms with Gasteiger partial charge in [0.1, 0.15) is 11.4 Å². The second kappa shape index (κ2) is 6.33. The molecule has 0 saturated carbocycles. The monoisotopic (exact) mass is 344 g/mol. The highest BCUT2D eigenvalue weighted by Crippen LogP contribution is 2.21. The number of aryl methyl sites for hydroxylation is 1. The van der Waals surface area contributed by atoms with Crippen LogP contribution < -0.4 is 5.32 Å². The van der Waals surface area contributed by atoms with Crippen LogP contribution in [0.5, 0.6) is 5.75 Å². The third kappa shape index (κ3) is 3.12. The number of aromatic amines is 1. The van der Waals surface area contributed by atoms with E-state index in [9.17, 15) is 9.90 Å². The zero-order chi connectivity index (χ0) is 18.1. The van der Waals surface area contributed by atoms with E-state index in [2.05, 4.69) is 20.3 Å². The normalized spacial score (nSPS) is 10.8. The van der Waals surface area contributed by atoms with Gasteiger partial charge in [-0.05, 0) is 36.8 Å². The molecule has 0 bridgehead atoms. The average molecular weight is 344 g/mol. The Morgan fingerprint density at radius 1 is 1.08 bits per heavy atom. The molecule has 6 nitrogen and oxygen atoms in total. The largest absolute Gasteiger partial charge is 0.508 e. The van der Waals surface area contributed by atoms with Crippen LogP contribution in [0.2, 0.25) is 0 Å². The minimum absolute atomic E-state index is 0.150. The summed E-state index contributed by atoms with van der Waals surface area (Å²) in [6, 6.07) is 14.5. The molecule has 0 radical (unpaired) electrons. The van der Waals surface area contributed by atoms with Crippen LogP contribution in [-0.2, 0) is 0 Å². The van der Waals surface area contributed by atoms with Gasteiger partial charge in [-0.25, -0.2) is 9.97 Å². The number of nitrogens with zero attached hydrogens (tertiary/aromatic N) is 2. The third-order valence-electron chi connectivity index (χ3n) is 4.04. The minimum Gasteiger partial charge on any atom is -0.508 e. The van der Waals surface area contributed by atoms with Crippen molar-refractivity contribution in [2.75, 3.05) is 5.32 Å². The van der Waals surface area contributed by atoms with E-state index >= 15 is 0 Å². The minimum atomic E-state index is -0.257. The van der Waals surface area contributed by atoms with Crippen LogP contribution in [-0.4, -0.2) is 26.0 Å². The molecule has 2 heterocycles. The van der Waals surface area contributed by atoms with E-state index in [0.29, 0.717) is 22.8 Å².